The van der Waals surface area contributed by atoms with Crippen LogP contribution in [0, 0.1) is 6.92 Å². The number of aliphatic carboxylic acids is 1. The molecule has 0 aliphatic heterocycles. The molecule has 0 saturated carbocycles. The molecule has 1 heterocycles. The number of carbonyl (C=O) groups is 1. The zero-order valence-electron chi connectivity index (χ0n) is 18.9. The van der Waals surface area contributed by atoms with E-state index in [0.717, 1.165) is 20.1 Å². The molecule has 0 unspecified atom stereocenters. The molecular formula is C23H29N3O6S. The first-order chi connectivity index (χ1) is 15.7. The summed E-state index contributed by atoms with van der Waals surface area (Å²) in [5.41, 5.74) is 1.44. The van der Waals surface area contributed by atoms with Crippen molar-refractivity contribution in [1.29, 1.82) is 0 Å². The number of ether oxygens (including phenoxy) is 1. The van der Waals surface area contributed by atoms with Crippen LogP contribution in [-0.4, -0.2) is 60.3 Å². The van der Waals surface area contributed by atoms with Gasteiger partial charge in [0.15, 0.2) is 6.39 Å². The van der Waals surface area contributed by atoms with Gasteiger partial charge in [-0.25, -0.2) is 4.98 Å². The molecule has 3 aromatic rings. The summed E-state index contributed by atoms with van der Waals surface area (Å²) in [5, 5.41) is 9.03. The highest BCUT2D eigenvalue weighted by molar-refractivity contribution is 7.86. The molecule has 0 spiro atoms. The van der Waals surface area contributed by atoms with E-state index in [1.54, 1.807) is 24.3 Å². The zero-order chi connectivity index (χ0) is 24.3. The SMILES string of the molecule is Cc1ocnc1CCOc1cccc(CN(CC(=O)O)S(=O)(=O)N(C)C)c1.c1ccccc1. The maximum absolute atomic E-state index is 12.3. The highest BCUT2D eigenvalue weighted by Crippen LogP contribution is 2.18. The Balaban J connectivity index is 0.000000554. The summed E-state index contributed by atoms with van der Waals surface area (Å²) in [6.07, 6.45) is 1.96. The lowest BCUT2D eigenvalue weighted by Gasteiger charge is -2.24. The van der Waals surface area contributed by atoms with Crippen molar-refractivity contribution < 1.29 is 27.5 Å². The van der Waals surface area contributed by atoms with Gasteiger partial charge in [-0.05, 0) is 24.6 Å². The van der Waals surface area contributed by atoms with E-state index in [2.05, 4.69) is 4.98 Å². The van der Waals surface area contributed by atoms with Gasteiger partial charge in [-0.3, -0.25) is 4.79 Å². The molecule has 0 atom stereocenters. The lowest BCUT2D eigenvalue weighted by atomic mass is 10.2. The average Bonchev–Trinajstić information content (AvgIpc) is 3.19. The van der Waals surface area contributed by atoms with E-state index in [4.69, 9.17) is 14.3 Å². The first-order valence-electron chi connectivity index (χ1n) is 10.2. The molecule has 178 valence electrons. The number of nitrogens with zero attached hydrogens (tertiary/aromatic N) is 3. The largest absolute Gasteiger partial charge is 0.493 e. The van der Waals surface area contributed by atoms with E-state index in [9.17, 15) is 13.2 Å². The topological polar surface area (TPSA) is 113 Å². The highest BCUT2D eigenvalue weighted by Gasteiger charge is 2.26. The van der Waals surface area contributed by atoms with Gasteiger partial charge in [-0.1, -0.05) is 48.5 Å². The van der Waals surface area contributed by atoms with E-state index in [0.29, 0.717) is 24.3 Å². The Bertz CT molecular complexity index is 1070. The highest BCUT2D eigenvalue weighted by atomic mass is 32.2. The molecule has 0 amide bonds. The Morgan fingerprint density at radius 2 is 1.73 bits per heavy atom. The van der Waals surface area contributed by atoms with Crippen molar-refractivity contribution in [2.45, 2.75) is 19.9 Å². The summed E-state index contributed by atoms with van der Waals surface area (Å²) >= 11 is 0. The number of aromatic nitrogens is 1. The molecule has 0 fully saturated rings. The third-order valence-corrected chi connectivity index (χ3v) is 6.31. The second-order valence-electron chi connectivity index (χ2n) is 7.21. The van der Waals surface area contributed by atoms with Crippen molar-refractivity contribution in [3.63, 3.8) is 0 Å². The van der Waals surface area contributed by atoms with Crippen LogP contribution in [0.2, 0.25) is 0 Å². The standard InChI is InChI=1S/C17H23N3O6S.C6H6/c1-13-16(18-12-26-13)7-8-25-15-6-4-5-14(9-15)10-20(11-17(21)22)27(23,24)19(2)3;1-2-4-6-5-3-1/h4-6,9,12H,7-8,10-11H2,1-3H3,(H,21,22);1-6H. The van der Waals surface area contributed by atoms with Crippen LogP contribution in [-0.2, 0) is 28.0 Å². The fraction of sp³-hybridized carbons (Fsp3) is 0.304. The van der Waals surface area contributed by atoms with E-state index < -0.39 is 22.7 Å². The summed E-state index contributed by atoms with van der Waals surface area (Å²) in [7, 11) is -1.16. The van der Waals surface area contributed by atoms with Crippen molar-refractivity contribution in [2.24, 2.45) is 0 Å². The number of hydrogen-bond acceptors (Lipinski definition) is 6. The van der Waals surface area contributed by atoms with Crippen LogP contribution in [0.4, 0.5) is 0 Å². The smallest absolute Gasteiger partial charge is 0.318 e. The normalized spacial score (nSPS) is 11.2. The number of rotatable bonds is 10. The Morgan fingerprint density at radius 3 is 2.24 bits per heavy atom. The number of carboxylic acids is 1. The zero-order valence-corrected chi connectivity index (χ0v) is 19.7. The Morgan fingerprint density at radius 1 is 1.09 bits per heavy atom. The molecule has 9 nitrogen and oxygen atoms in total. The molecule has 1 aromatic heterocycles. The fourth-order valence-electron chi connectivity index (χ4n) is 2.76. The maximum atomic E-state index is 12.3. The van der Waals surface area contributed by atoms with Gasteiger partial charge in [0.25, 0.3) is 10.2 Å². The van der Waals surface area contributed by atoms with Gasteiger partial charge in [-0.15, -0.1) is 0 Å². The number of hydrogen-bond donors (Lipinski definition) is 1. The Kier molecular flexibility index (Phi) is 10.0. The third kappa shape index (κ3) is 8.68. The molecule has 0 aliphatic rings. The van der Waals surface area contributed by atoms with Crippen LogP contribution < -0.4 is 4.74 Å². The van der Waals surface area contributed by atoms with Gasteiger partial charge in [0, 0.05) is 27.1 Å². The maximum Gasteiger partial charge on any atom is 0.318 e. The number of carboxylic acid groups (broad SMARTS) is 1. The molecular weight excluding hydrogens is 446 g/mol. The lowest BCUT2D eigenvalue weighted by molar-refractivity contribution is -0.137. The van der Waals surface area contributed by atoms with Crippen molar-refractivity contribution in [3.05, 3.63) is 84.1 Å². The van der Waals surface area contributed by atoms with Crippen LogP contribution in [0.5, 0.6) is 5.75 Å². The molecule has 0 aliphatic carbocycles. The van der Waals surface area contributed by atoms with Gasteiger partial charge in [0.05, 0.1) is 12.3 Å². The fourth-order valence-corrected chi connectivity index (χ4v) is 3.80. The second-order valence-corrected chi connectivity index (χ2v) is 9.35. The van der Waals surface area contributed by atoms with Crippen LogP contribution in [0.3, 0.4) is 0 Å². The van der Waals surface area contributed by atoms with E-state index in [-0.39, 0.29) is 6.54 Å². The minimum absolute atomic E-state index is 0.0770. The predicted molar refractivity (Wildman–Crippen MR) is 124 cm³/mol. The van der Waals surface area contributed by atoms with E-state index in [1.165, 1.54) is 20.5 Å². The summed E-state index contributed by atoms with van der Waals surface area (Å²) in [6.45, 7) is 1.50. The van der Waals surface area contributed by atoms with Crippen LogP contribution in [0.15, 0.2) is 71.5 Å². The monoisotopic (exact) mass is 475 g/mol. The molecule has 2 aromatic carbocycles. The molecule has 0 bridgehead atoms. The van der Waals surface area contributed by atoms with Crippen molar-refractivity contribution in [3.8, 4) is 5.75 Å². The first-order valence-corrected chi connectivity index (χ1v) is 11.6. The van der Waals surface area contributed by atoms with Crippen molar-refractivity contribution in [2.75, 3.05) is 27.2 Å². The number of benzene rings is 2. The predicted octanol–water partition coefficient (Wildman–Crippen LogP) is 2.98. The Hall–Kier alpha value is -3.21. The number of aryl methyl sites for hydroxylation is 1. The van der Waals surface area contributed by atoms with Gasteiger partial charge < -0.3 is 14.3 Å². The molecule has 3 rings (SSSR count). The average molecular weight is 476 g/mol. The molecule has 0 saturated heterocycles. The van der Waals surface area contributed by atoms with Crippen LogP contribution >= 0.6 is 0 Å². The second kappa shape index (κ2) is 12.7. The lowest BCUT2D eigenvalue weighted by Crippen LogP contribution is -2.42. The van der Waals surface area contributed by atoms with Crippen LogP contribution in [0.1, 0.15) is 17.0 Å². The van der Waals surface area contributed by atoms with Crippen LogP contribution in [0.25, 0.3) is 0 Å². The third-order valence-electron chi connectivity index (χ3n) is 4.48. The van der Waals surface area contributed by atoms with Crippen molar-refractivity contribution >= 4 is 16.2 Å². The minimum atomic E-state index is -3.87. The molecule has 10 heteroatoms. The Labute approximate surface area is 194 Å². The quantitative estimate of drug-likeness (QED) is 0.480. The number of oxazole rings is 1. The van der Waals surface area contributed by atoms with E-state index in [1.807, 2.05) is 43.3 Å². The summed E-state index contributed by atoms with van der Waals surface area (Å²) in [4.78, 5) is 15.1. The van der Waals surface area contributed by atoms with Gasteiger partial charge in [0.2, 0.25) is 0 Å². The van der Waals surface area contributed by atoms with Gasteiger partial charge >= 0.3 is 5.97 Å². The molecule has 33 heavy (non-hydrogen) atoms. The van der Waals surface area contributed by atoms with Crippen molar-refractivity contribution in [1.82, 2.24) is 13.6 Å². The summed E-state index contributed by atoms with van der Waals surface area (Å²) in [6, 6.07) is 18.9. The first kappa shape index (κ1) is 26.0. The van der Waals surface area contributed by atoms with E-state index >= 15 is 0 Å². The minimum Gasteiger partial charge on any atom is -0.493 e. The van der Waals surface area contributed by atoms with Gasteiger partial charge in [0.1, 0.15) is 18.1 Å². The molecule has 1 N–H and O–H groups in total. The van der Waals surface area contributed by atoms with Gasteiger partial charge in [-0.2, -0.15) is 17.0 Å². The molecule has 0 radical (unpaired) electrons. The summed E-state index contributed by atoms with van der Waals surface area (Å²) < 4.78 is 37.4. The summed E-state index contributed by atoms with van der Waals surface area (Å²) in [5.74, 6) is 0.0764.